The summed E-state index contributed by atoms with van der Waals surface area (Å²) in [5.74, 6) is 0.772. The maximum Gasteiger partial charge on any atom is 0.220 e. The molecule has 21 heavy (non-hydrogen) atoms. The minimum Gasteiger partial charge on any atom is -0.354 e. The maximum absolute atomic E-state index is 12.2. The molecule has 0 bridgehead atoms. The number of rotatable bonds is 8. The molecule has 0 radical (unpaired) electrons. The van der Waals surface area contributed by atoms with Crippen LogP contribution >= 0.6 is 0 Å². The van der Waals surface area contributed by atoms with Gasteiger partial charge in [0.15, 0.2) is 0 Å². The van der Waals surface area contributed by atoms with Gasteiger partial charge in [0.1, 0.15) is 0 Å². The Labute approximate surface area is 129 Å². The fourth-order valence-corrected chi connectivity index (χ4v) is 2.49. The van der Waals surface area contributed by atoms with Gasteiger partial charge in [0.05, 0.1) is 0 Å². The number of benzene rings is 1. The molecule has 1 amide bonds. The van der Waals surface area contributed by atoms with E-state index in [0.717, 1.165) is 12.8 Å². The fourth-order valence-electron chi connectivity index (χ4n) is 2.49. The number of carbonyl (C=O) groups is 1. The SMILES string of the molecule is CCC(N)(CC)CNC(=O)CC(c1ccccc1)C(C)C. The van der Waals surface area contributed by atoms with E-state index in [4.69, 9.17) is 5.73 Å². The van der Waals surface area contributed by atoms with Crippen molar-refractivity contribution in [3.8, 4) is 0 Å². The molecule has 3 nitrogen and oxygen atoms in total. The first-order valence-electron chi connectivity index (χ1n) is 8.02. The summed E-state index contributed by atoms with van der Waals surface area (Å²) in [5.41, 5.74) is 7.18. The van der Waals surface area contributed by atoms with Crippen LogP contribution < -0.4 is 11.1 Å². The van der Waals surface area contributed by atoms with Gasteiger partial charge in [0.25, 0.3) is 0 Å². The highest BCUT2D eigenvalue weighted by molar-refractivity contribution is 5.77. The number of nitrogens with one attached hydrogen (secondary N) is 1. The van der Waals surface area contributed by atoms with Crippen molar-refractivity contribution in [1.82, 2.24) is 5.32 Å². The van der Waals surface area contributed by atoms with Gasteiger partial charge in [-0.1, -0.05) is 58.0 Å². The van der Waals surface area contributed by atoms with Gasteiger partial charge in [-0.3, -0.25) is 4.79 Å². The first kappa shape index (κ1) is 17.7. The molecule has 3 heteroatoms. The van der Waals surface area contributed by atoms with Crippen molar-refractivity contribution in [3.05, 3.63) is 35.9 Å². The first-order chi connectivity index (χ1) is 9.91. The molecule has 0 saturated carbocycles. The number of carbonyl (C=O) groups excluding carboxylic acids is 1. The van der Waals surface area contributed by atoms with Gasteiger partial charge in [-0.15, -0.1) is 0 Å². The molecule has 3 N–H and O–H groups in total. The summed E-state index contributed by atoms with van der Waals surface area (Å²) in [5, 5.41) is 3.02. The Morgan fingerprint density at radius 2 is 1.76 bits per heavy atom. The Hall–Kier alpha value is -1.35. The van der Waals surface area contributed by atoms with E-state index in [-0.39, 0.29) is 17.4 Å². The van der Waals surface area contributed by atoms with Crippen LogP contribution in [0.3, 0.4) is 0 Å². The van der Waals surface area contributed by atoms with Crippen molar-refractivity contribution in [3.63, 3.8) is 0 Å². The second kappa shape index (κ2) is 8.18. The van der Waals surface area contributed by atoms with Crippen molar-refractivity contribution in [1.29, 1.82) is 0 Å². The van der Waals surface area contributed by atoms with Crippen LogP contribution in [0.2, 0.25) is 0 Å². The molecular weight excluding hydrogens is 260 g/mol. The van der Waals surface area contributed by atoms with E-state index in [2.05, 4.69) is 45.1 Å². The number of hydrogen-bond acceptors (Lipinski definition) is 2. The maximum atomic E-state index is 12.2. The Kier molecular flexibility index (Phi) is 6.90. The second-order valence-corrected chi connectivity index (χ2v) is 6.31. The van der Waals surface area contributed by atoms with Gasteiger partial charge in [-0.2, -0.15) is 0 Å². The highest BCUT2D eigenvalue weighted by atomic mass is 16.1. The van der Waals surface area contributed by atoms with Crippen LogP contribution in [0.25, 0.3) is 0 Å². The van der Waals surface area contributed by atoms with Crippen LogP contribution in [0.1, 0.15) is 58.4 Å². The molecule has 1 aromatic carbocycles. The molecular formula is C18H30N2O. The first-order valence-corrected chi connectivity index (χ1v) is 8.02. The van der Waals surface area contributed by atoms with Gasteiger partial charge in [-0.25, -0.2) is 0 Å². The lowest BCUT2D eigenvalue weighted by atomic mass is 9.85. The zero-order chi connectivity index (χ0) is 15.9. The summed E-state index contributed by atoms with van der Waals surface area (Å²) in [6.07, 6.45) is 2.26. The largest absolute Gasteiger partial charge is 0.354 e. The van der Waals surface area contributed by atoms with Crippen molar-refractivity contribution in [2.24, 2.45) is 11.7 Å². The highest BCUT2D eigenvalue weighted by Crippen LogP contribution is 2.27. The van der Waals surface area contributed by atoms with E-state index in [0.29, 0.717) is 18.9 Å². The number of hydrogen-bond donors (Lipinski definition) is 2. The minimum atomic E-state index is -0.282. The average molecular weight is 290 g/mol. The third kappa shape index (κ3) is 5.50. The molecule has 1 unspecified atom stereocenters. The molecule has 1 aromatic rings. The van der Waals surface area contributed by atoms with Crippen LogP contribution in [-0.4, -0.2) is 18.0 Å². The smallest absolute Gasteiger partial charge is 0.220 e. The van der Waals surface area contributed by atoms with E-state index < -0.39 is 0 Å². The summed E-state index contributed by atoms with van der Waals surface area (Å²) >= 11 is 0. The van der Waals surface area contributed by atoms with Crippen LogP contribution in [0, 0.1) is 5.92 Å². The molecule has 0 aliphatic rings. The summed E-state index contributed by atoms with van der Waals surface area (Å²) in [4.78, 5) is 12.2. The summed E-state index contributed by atoms with van der Waals surface area (Å²) < 4.78 is 0. The highest BCUT2D eigenvalue weighted by Gasteiger charge is 2.23. The van der Waals surface area contributed by atoms with Crippen molar-refractivity contribution in [2.45, 2.75) is 58.4 Å². The van der Waals surface area contributed by atoms with Gasteiger partial charge in [-0.05, 0) is 30.2 Å². The molecule has 0 fully saturated rings. The second-order valence-electron chi connectivity index (χ2n) is 6.31. The molecule has 1 rings (SSSR count). The monoisotopic (exact) mass is 290 g/mol. The third-order valence-electron chi connectivity index (χ3n) is 4.48. The number of amides is 1. The summed E-state index contributed by atoms with van der Waals surface area (Å²) in [6.45, 7) is 9.01. The van der Waals surface area contributed by atoms with Gasteiger partial charge >= 0.3 is 0 Å². The van der Waals surface area contributed by atoms with Crippen molar-refractivity contribution in [2.75, 3.05) is 6.54 Å². The Balaban J connectivity index is 2.62. The molecule has 0 heterocycles. The Bertz CT molecular complexity index is 424. The molecule has 118 valence electrons. The van der Waals surface area contributed by atoms with E-state index in [1.165, 1.54) is 5.56 Å². The average Bonchev–Trinajstić information content (AvgIpc) is 2.50. The van der Waals surface area contributed by atoms with Gasteiger partial charge < -0.3 is 11.1 Å². The van der Waals surface area contributed by atoms with Gasteiger partial charge in [0.2, 0.25) is 5.91 Å². The molecule has 0 aliphatic carbocycles. The summed E-state index contributed by atoms with van der Waals surface area (Å²) in [7, 11) is 0. The predicted molar refractivity (Wildman–Crippen MR) is 89.1 cm³/mol. The summed E-state index contributed by atoms with van der Waals surface area (Å²) in [6, 6.07) is 10.3. The topological polar surface area (TPSA) is 55.1 Å². The molecule has 0 spiro atoms. The minimum absolute atomic E-state index is 0.0919. The van der Waals surface area contributed by atoms with Crippen LogP contribution in [0.15, 0.2) is 30.3 Å². The van der Waals surface area contributed by atoms with Crippen LogP contribution in [0.4, 0.5) is 0 Å². The number of nitrogens with two attached hydrogens (primary N) is 1. The van der Waals surface area contributed by atoms with Crippen LogP contribution in [0.5, 0.6) is 0 Å². The molecule has 0 aromatic heterocycles. The zero-order valence-electron chi connectivity index (χ0n) is 13.9. The fraction of sp³-hybridized carbons (Fsp3) is 0.611. The van der Waals surface area contributed by atoms with E-state index >= 15 is 0 Å². The predicted octanol–water partition coefficient (Wildman–Crippen LogP) is 3.45. The normalized spacial score (nSPS) is 13.2. The van der Waals surface area contributed by atoms with E-state index in [1.807, 2.05) is 18.2 Å². The molecule has 0 saturated heterocycles. The third-order valence-corrected chi connectivity index (χ3v) is 4.48. The standard InChI is InChI=1S/C18H30N2O/c1-5-18(19,6-2)13-20-17(21)12-16(14(3)4)15-10-8-7-9-11-15/h7-11,14,16H,5-6,12-13,19H2,1-4H3,(H,20,21). The lowest BCUT2D eigenvalue weighted by Crippen LogP contribution is -2.49. The van der Waals surface area contributed by atoms with Crippen molar-refractivity contribution >= 4 is 5.91 Å². The van der Waals surface area contributed by atoms with Gasteiger partial charge in [0, 0.05) is 18.5 Å². The van der Waals surface area contributed by atoms with Crippen molar-refractivity contribution < 1.29 is 4.79 Å². The lowest BCUT2D eigenvalue weighted by molar-refractivity contribution is -0.122. The zero-order valence-corrected chi connectivity index (χ0v) is 13.9. The molecule has 0 aliphatic heterocycles. The quantitative estimate of drug-likeness (QED) is 0.770. The lowest BCUT2D eigenvalue weighted by Gasteiger charge is -2.28. The molecule has 1 atom stereocenters. The Morgan fingerprint density at radius 3 is 2.24 bits per heavy atom. The van der Waals surface area contributed by atoms with E-state index in [9.17, 15) is 4.79 Å². The Morgan fingerprint density at radius 1 is 1.19 bits per heavy atom. The van der Waals surface area contributed by atoms with Crippen LogP contribution in [-0.2, 0) is 4.79 Å². The van der Waals surface area contributed by atoms with E-state index in [1.54, 1.807) is 0 Å².